The number of rotatable bonds is 3. The molecule has 0 spiro atoms. The molecule has 0 radical (unpaired) electrons. The summed E-state index contributed by atoms with van der Waals surface area (Å²) in [7, 11) is 1.81. The van der Waals surface area contributed by atoms with E-state index in [1.807, 2.05) is 61.3 Å². The van der Waals surface area contributed by atoms with Gasteiger partial charge in [0.15, 0.2) is 0 Å². The Kier molecular flexibility index (Phi) is 5.07. The minimum Gasteiger partial charge on any atom is -0.368 e. The van der Waals surface area contributed by atoms with E-state index in [0.29, 0.717) is 19.5 Å². The molecule has 2 saturated heterocycles. The zero-order valence-electron chi connectivity index (χ0n) is 16.5. The summed E-state index contributed by atoms with van der Waals surface area (Å²) in [6, 6.07) is 18.3. The second-order valence-corrected chi connectivity index (χ2v) is 7.82. The molecule has 0 bridgehead atoms. The van der Waals surface area contributed by atoms with Gasteiger partial charge in [0.2, 0.25) is 11.8 Å². The third-order valence-electron chi connectivity index (χ3n) is 6.04. The van der Waals surface area contributed by atoms with Crippen molar-refractivity contribution in [2.24, 2.45) is 5.92 Å². The van der Waals surface area contributed by atoms with E-state index in [0.717, 1.165) is 18.7 Å². The highest BCUT2D eigenvalue weighted by Gasteiger charge is 2.44. The topological polar surface area (TPSA) is 43.9 Å². The van der Waals surface area contributed by atoms with Crippen molar-refractivity contribution < 1.29 is 9.59 Å². The molecule has 28 heavy (non-hydrogen) atoms. The fraction of sp³-hybridized carbons (Fsp3) is 0.391. The molecular formula is C23H27N3O2. The van der Waals surface area contributed by atoms with Crippen molar-refractivity contribution >= 4 is 17.5 Å². The van der Waals surface area contributed by atoms with Crippen LogP contribution in [0.2, 0.25) is 0 Å². The van der Waals surface area contributed by atoms with Crippen LogP contribution in [0, 0.1) is 12.8 Å². The number of amides is 2. The Labute approximate surface area is 166 Å². The molecule has 2 fully saturated rings. The molecule has 4 rings (SSSR count). The van der Waals surface area contributed by atoms with Crippen LogP contribution in [0.15, 0.2) is 54.6 Å². The maximum atomic E-state index is 13.3. The average Bonchev–Trinajstić information content (AvgIpc) is 3.03. The lowest BCUT2D eigenvalue weighted by atomic mass is 9.91. The van der Waals surface area contributed by atoms with E-state index in [9.17, 15) is 9.59 Å². The van der Waals surface area contributed by atoms with E-state index in [2.05, 4.69) is 17.0 Å². The first kappa shape index (κ1) is 18.5. The quantitative estimate of drug-likeness (QED) is 0.826. The number of para-hydroxylation sites is 1. The van der Waals surface area contributed by atoms with Crippen LogP contribution in [0.5, 0.6) is 0 Å². The van der Waals surface area contributed by atoms with E-state index >= 15 is 0 Å². The van der Waals surface area contributed by atoms with Gasteiger partial charge in [0, 0.05) is 45.3 Å². The number of hydrogen-bond donors (Lipinski definition) is 0. The van der Waals surface area contributed by atoms with Gasteiger partial charge in [-0.05, 0) is 24.6 Å². The van der Waals surface area contributed by atoms with Crippen molar-refractivity contribution in [3.63, 3.8) is 0 Å². The molecule has 5 nitrogen and oxygen atoms in total. The van der Waals surface area contributed by atoms with E-state index in [1.54, 1.807) is 4.90 Å². The third-order valence-corrected chi connectivity index (χ3v) is 6.04. The molecular weight excluding hydrogens is 350 g/mol. The van der Waals surface area contributed by atoms with Crippen molar-refractivity contribution in [2.75, 3.05) is 38.1 Å². The summed E-state index contributed by atoms with van der Waals surface area (Å²) in [6.07, 6.45) is 0.298. The maximum absolute atomic E-state index is 13.3. The van der Waals surface area contributed by atoms with E-state index in [4.69, 9.17) is 0 Å². The van der Waals surface area contributed by atoms with Crippen molar-refractivity contribution in [3.05, 3.63) is 65.7 Å². The second kappa shape index (κ2) is 7.66. The van der Waals surface area contributed by atoms with Crippen molar-refractivity contribution in [2.45, 2.75) is 19.4 Å². The molecule has 2 atom stereocenters. The van der Waals surface area contributed by atoms with Crippen molar-refractivity contribution in [3.8, 4) is 0 Å². The lowest BCUT2D eigenvalue weighted by Gasteiger charge is -2.38. The molecule has 2 aromatic rings. The summed E-state index contributed by atoms with van der Waals surface area (Å²) < 4.78 is 0. The van der Waals surface area contributed by atoms with Gasteiger partial charge in [-0.3, -0.25) is 9.59 Å². The monoisotopic (exact) mass is 377 g/mol. The first-order valence-electron chi connectivity index (χ1n) is 9.95. The van der Waals surface area contributed by atoms with Crippen LogP contribution in [0.1, 0.15) is 23.6 Å². The zero-order valence-corrected chi connectivity index (χ0v) is 16.5. The Morgan fingerprint density at radius 2 is 1.57 bits per heavy atom. The Bertz CT molecular complexity index is 842. The number of hydrogen-bond acceptors (Lipinski definition) is 3. The largest absolute Gasteiger partial charge is 0.368 e. The number of benzene rings is 2. The third kappa shape index (κ3) is 3.49. The van der Waals surface area contributed by atoms with Crippen LogP contribution in [-0.2, 0) is 9.59 Å². The molecule has 5 heteroatoms. The lowest BCUT2D eigenvalue weighted by Crippen LogP contribution is -2.51. The van der Waals surface area contributed by atoms with Crippen LogP contribution in [-0.4, -0.2) is 54.8 Å². The number of anilines is 1. The molecule has 2 amide bonds. The van der Waals surface area contributed by atoms with E-state index in [1.165, 1.54) is 11.3 Å². The number of aryl methyl sites for hydroxylation is 1. The van der Waals surface area contributed by atoms with Gasteiger partial charge < -0.3 is 14.7 Å². The van der Waals surface area contributed by atoms with Crippen LogP contribution in [0.4, 0.5) is 5.69 Å². The van der Waals surface area contributed by atoms with Crippen LogP contribution < -0.4 is 4.90 Å². The molecule has 0 N–H and O–H groups in total. The van der Waals surface area contributed by atoms with Gasteiger partial charge in [-0.25, -0.2) is 0 Å². The smallest absolute Gasteiger partial charge is 0.228 e. The SMILES string of the molecule is Cc1ccc([C@@H]2[C@@H](C(=O)N3CCN(c4ccccc4)CC3)CC(=O)N2C)cc1. The Morgan fingerprint density at radius 3 is 2.21 bits per heavy atom. The first-order valence-corrected chi connectivity index (χ1v) is 9.95. The van der Waals surface area contributed by atoms with Crippen LogP contribution >= 0.6 is 0 Å². The second-order valence-electron chi connectivity index (χ2n) is 7.82. The molecule has 146 valence electrons. The van der Waals surface area contributed by atoms with Gasteiger partial charge in [0.25, 0.3) is 0 Å². The molecule has 0 aliphatic carbocycles. The molecule has 0 aromatic heterocycles. The number of nitrogens with zero attached hydrogens (tertiary/aromatic N) is 3. The molecule has 2 aliphatic rings. The fourth-order valence-electron chi connectivity index (χ4n) is 4.37. The van der Waals surface area contributed by atoms with Crippen LogP contribution in [0.3, 0.4) is 0 Å². The fourth-order valence-corrected chi connectivity index (χ4v) is 4.37. The predicted octanol–water partition coefficient (Wildman–Crippen LogP) is 2.86. The summed E-state index contributed by atoms with van der Waals surface area (Å²) in [5, 5.41) is 0. The molecule has 2 aliphatic heterocycles. The van der Waals surface area contributed by atoms with Gasteiger partial charge in [-0.2, -0.15) is 0 Å². The summed E-state index contributed by atoms with van der Waals surface area (Å²) in [5.41, 5.74) is 3.42. The van der Waals surface area contributed by atoms with Crippen molar-refractivity contribution in [1.29, 1.82) is 0 Å². The summed E-state index contributed by atoms with van der Waals surface area (Å²) in [5.74, 6) is -0.147. The highest BCUT2D eigenvalue weighted by Crippen LogP contribution is 2.38. The minimum absolute atomic E-state index is 0.0480. The van der Waals surface area contributed by atoms with E-state index < -0.39 is 0 Å². The summed E-state index contributed by atoms with van der Waals surface area (Å²) in [4.78, 5) is 31.7. The van der Waals surface area contributed by atoms with Crippen molar-refractivity contribution in [1.82, 2.24) is 9.80 Å². The van der Waals surface area contributed by atoms with Gasteiger partial charge >= 0.3 is 0 Å². The normalized spacial score (nSPS) is 22.6. The highest BCUT2D eigenvalue weighted by molar-refractivity contribution is 5.90. The van der Waals surface area contributed by atoms with Gasteiger partial charge in [-0.15, -0.1) is 0 Å². The summed E-state index contributed by atoms with van der Waals surface area (Å²) in [6.45, 7) is 5.08. The highest BCUT2D eigenvalue weighted by atomic mass is 16.2. The predicted molar refractivity (Wildman–Crippen MR) is 110 cm³/mol. The van der Waals surface area contributed by atoms with E-state index in [-0.39, 0.29) is 23.8 Å². The summed E-state index contributed by atoms with van der Waals surface area (Å²) >= 11 is 0. The number of piperazine rings is 1. The Hall–Kier alpha value is -2.82. The van der Waals surface area contributed by atoms with Gasteiger partial charge in [-0.1, -0.05) is 48.0 Å². The minimum atomic E-state index is -0.302. The number of likely N-dealkylation sites (tertiary alicyclic amines) is 1. The maximum Gasteiger partial charge on any atom is 0.228 e. The number of carbonyl (C=O) groups excluding carboxylic acids is 2. The Morgan fingerprint density at radius 1 is 0.929 bits per heavy atom. The lowest BCUT2D eigenvalue weighted by molar-refractivity contribution is -0.136. The van der Waals surface area contributed by atoms with Gasteiger partial charge in [0.1, 0.15) is 0 Å². The molecule has 2 heterocycles. The standard InChI is InChI=1S/C23H27N3O2/c1-17-8-10-18(11-9-17)22-20(16-21(27)24(22)2)23(28)26-14-12-25(13-15-26)19-6-4-3-5-7-19/h3-11,20,22H,12-16H2,1-2H3/t20-,22+/m0/s1. The molecule has 0 saturated carbocycles. The van der Waals surface area contributed by atoms with Crippen LogP contribution in [0.25, 0.3) is 0 Å². The first-order chi connectivity index (χ1) is 13.5. The van der Waals surface area contributed by atoms with Gasteiger partial charge in [0.05, 0.1) is 12.0 Å². The number of carbonyl (C=O) groups is 2. The average molecular weight is 377 g/mol. The zero-order chi connectivity index (χ0) is 19.7. The molecule has 0 unspecified atom stereocenters. The molecule has 2 aromatic carbocycles. The Balaban J connectivity index is 1.47.